The van der Waals surface area contributed by atoms with Gasteiger partial charge in [0.25, 0.3) is 0 Å². The van der Waals surface area contributed by atoms with Crippen LogP contribution in [-0.2, 0) is 6.42 Å². The third-order valence-electron chi connectivity index (χ3n) is 4.72. The van der Waals surface area contributed by atoms with E-state index >= 15 is 0 Å². The number of nitrogens with two attached hydrogens (primary N) is 1. The van der Waals surface area contributed by atoms with Crippen LogP contribution in [0, 0.1) is 12.8 Å². The molecule has 3 rings (SSSR count). The Morgan fingerprint density at radius 2 is 2.26 bits per heavy atom. The van der Waals surface area contributed by atoms with Gasteiger partial charge >= 0.3 is 0 Å². The van der Waals surface area contributed by atoms with E-state index in [2.05, 4.69) is 32.0 Å². The fraction of sp³-hybridized carbons (Fsp3) is 0.647. The van der Waals surface area contributed by atoms with E-state index in [-0.39, 0.29) is 11.6 Å². The Hall–Kier alpha value is -1.02. The topological polar surface area (TPSA) is 35.2 Å². The van der Waals surface area contributed by atoms with Crippen LogP contribution in [0.4, 0.5) is 0 Å². The molecule has 2 N–H and O–H groups in total. The summed E-state index contributed by atoms with van der Waals surface area (Å²) in [7, 11) is 0. The van der Waals surface area contributed by atoms with Gasteiger partial charge in [-0.15, -0.1) is 0 Å². The van der Waals surface area contributed by atoms with Crippen LogP contribution in [0.15, 0.2) is 18.2 Å². The summed E-state index contributed by atoms with van der Waals surface area (Å²) < 4.78 is 6.09. The highest BCUT2D eigenvalue weighted by molar-refractivity contribution is 5.40. The van der Waals surface area contributed by atoms with Gasteiger partial charge in [0.15, 0.2) is 0 Å². The van der Waals surface area contributed by atoms with Crippen molar-refractivity contribution in [1.29, 1.82) is 0 Å². The largest absolute Gasteiger partial charge is 0.490 e. The molecular formula is C17H25NO. The highest BCUT2D eigenvalue weighted by Gasteiger charge is 2.36. The second-order valence-corrected chi connectivity index (χ2v) is 6.82. The Labute approximate surface area is 116 Å². The summed E-state index contributed by atoms with van der Waals surface area (Å²) in [6.07, 6.45) is 7.25. The molecule has 2 heteroatoms. The quantitative estimate of drug-likeness (QED) is 0.880. The molecule has 19 heavy (non-hydrogen) atoms. The second kappa shape index (κ2) is 4.82. The molecule has 0 radical (unpaired) electrons. The maximum atomic E-state index is 6.61. The molecule has 1 aliphatic carbocycles. The van der Waals surface area contributed by atoms with Crippen LogP contribution < -0.4 is 10.5 Å². The van der Waals surface area contributed by atoms with Crippen molar-refractivity contribution >= 4 is 0 Å². The summed E-state index contributed by atoms with van der Waals surface area (Å²) in [5.74, 6) is 1.84. The zero-order chi connectivity index (χ0) is 13.5. The summed E-state index contributed by atoms with van der Waals surface area (Å²) in [6.45, 7) is 4.47. The maximum absolute atomic E-state index is 6.61. The normalized spacial score (nSPS) is 33.8. The molecule has 0 amide bonds. The first-order valence-corrected chi connectivity index (χ1v) is 7.59. The van der Waals surface area contributed by atoms with E-state index in [0.717, 1.165) is 37.4 Å². The average Bonchev–Trinajstić information content (AvgIpc) is 2.68. The van der Waals surface area contributed by atoms with Gasteiger partial charge < -0.3 is 10.5 Å². The summed E-state index contributed by atoms with van der Waals surface area (Å²) in [4.78, 5) is 0. The predicted octanol–water partition coefficient (Wildman–Crippen LogP) is 3.60. The Balaban J connectivity index is 1.67. The van der Waals surface area contributed by atoms with Crippen LogP contribution in [0.3, 0.4) is 0 Å². The minimum Gasteiger partial charge on any atom is -0.490 e. The van der Waals surface area contributed by atoms with Gasteiger partial charge in [-0.2, -0.15) is 0 Å². The Bertz CT molecular complexity index is 470. The lowest BCUT2D eigenvalue weighted by molar-refractivity contribution is 0.138. The van der Waals surface area contributed by atoms with Crippen molar-refractivity contribution in [2.75, 3.05) is 0 Å². The van der Waals surface area contributed by atoms with Gasteiger partial charge in [-0.3, -0.25) is 0 Å². The number of aryl methyl sites for hydroxylation is 1. The molecule has 1 heterocycles. The molecule has 1 aliphatic heterocycles. The standard InChI is InChI=1S/C17H25NO/c1-12-5-6-16-14(8-12)9-15(19-16)11-17(18)7-3-4-13(2)10-17/h5-6,8,13,15H,3-4,7,9-11,18H2,1-2H3. The summed E-state index contributed by atoms with van der Waals surface area (Å²) in [6, 6.07) is 6.49. The van der Waals surface area contributed by atoms with E-state index in [1.165, 1.54) is 24.0 Å². The molecule has 1 aromatic carbocycles. The van der Waals surface area contributed by atoms with Crippen LogP contribution in [0.5, 0.6) is 5.75 Å². The highest BCUT2D eigenvalue weighted by Crippen LogP contribution is 2.38. The zero-order valence-electron chi connectivity index (χ0n) is 12.1. The number of fused-ring (bicyclic) bond motifs is 1. The number of hydrogen-bond donors (Lipinski definition) is 1. The lowest BCUT2D eigenvalue weighted by Crippen LogP contribution is -2.47. The van der Waals surface area contributed by atoms with E-state index in [1.807, 2.05) is 0 Å². The van der Waals surface area contributed by atoms with Gasteiger partial charge in [0, 0.05) is 18.4 Å². The third-order valence-corrected chi connectivity index (χ3v) is 4.72. The summed E-state index contributed by atoms with van der Waals surface area (Å²) in [5.41, 5.74) is 9.29. The van der Waals surface area contributed by atoms with Gasteiger partial charge in [-0.25, -0.2) is 0 Å². The second-order valence-electron chi connectivity index (χ2n) is 6.82. The number of benzene rings is 1. The first-order chi connectivity index (χ1) is 9.04. The first kappa shape index (κ1) is 13.0. The molecule has 2 aliphatic rings. The molecule has 104 valence electrons. The smallest absolute Gasteiger partial charge is 0.123 e. The summed E-state index contributed by atoms with van der Waals surface area (Å²) in [5, 5.41) is 0. The first-order valence-electron chi connectivity index (χ1n) is 7.59. The number of ether oxygens (including phenoxy) is 1. The summed E-state index contributed by atoms with van der Waals surface area (Å²) >= 11 is 0. The van der Waals surface area contributed by atoms with Crippen molar-refractivity contribution in [3.63, 3.8) is 0 Å². The van der Waals surface area contributed by atoms with Crippen LogP contribution in [0.2, 0.25) is 0 Å². The van der Waals surface area contributed by atoms with Crippen LogP contribution in [0.25, 0.3) is 0 Å². The van der Waals surface area contributed by atoms with Gasteiger partial charge in [-0.05, 0) is 37.3 Å². The molecule has 0 saturated heterocycles. The van der Waals surface area contributed by atoms with Crippen molar-refractivity contribution in [1.82, 2.24) is 0 Å². The molecule has 1 aromatic rings. The van der Waals surface area contributed by atoms with Crippen molar-refractivity contribution in [2.45, 2.75) is 64.0 Å². The van der Waals surface area contributed by atoms with Crippen molar-refractivity contribution in [2.24, 2.45) is 11.7 Å². The van der Waals surface area contributed by atoms with Crippen molar-refractivity contribution < 1.29 is 4.74 Å². The number of hydrogen-bond acceptors (Lipinski definition) is 2. The molecule has 0 aromatic heterocycles. The fourth-order valence-electron chi connectivity index (χ4n) is 3.90. The lowest BCUT2D eigenvalue weighted by atomic mass is 9.74. The molecule has 3 atom stereocenters. The minimum atomic E-state index is -0.000575. The molecule has 2 nitrogen and oxygen atoms in total. The Kier molecular flexibility index (Phi) is 3.30. The van der Waals surface area contributed by atoms with E-state index in [0.29, 0.717) is 0 Å². The van der Waals surface area contributed by atoms with Crippen LogP contribution in [0.1, 0.15) is 50.2 Å². The monoisotopic (exact) mass is 259 g/mol. The predicted molar refractivity (Wildman–Crippen MR) is 78.5 cm³/mol. The number of rotatable bonds is 2. The van der Waals surface area contributed by atoms with Gasteiger partial charge in [0.2, 0.25) is 0 Å². The van der Waals surface area contributed by atoms with Crippen LogP contribution >= 0.6 is 0 Å². The van der Waals surface area contributed by atoms with Crippen molar-refractivity contribution in [3.8, 4) is 5.75 Å². The molecule has 1 fully saturated rings. The van der Waals surface area contributed by atoms with Gasteiger partial charge in [0.05, 0.1) is 0 Å². The highest BCUT2D eigenvalue weighted by atomic mass is 16.5. The molecule has 0 bridgehead atoms. The molecule has 3 unspecified atom stereocenters. The van der Waals surface area contributed by atoms with Gasteiger partial charge in [0.1, 0.15) is 11.9 Å². The molecule has 0 spiro atoms. The lowest BCUT2D eigenvalue weighted by Gasteiger charge is -2.38. The molecular weight excluding hydrogens is 234 g/mol. The SMILES string of the molecule is Cc1ccc2c(c1)CC(CC1(N)CCCC(C)C1)O2. The maximum Gasteiger partial charge on any atom is 0.123 e. The minimum absolute atomic E-state index is 0.000575. The average molecular weight is 259 g/mol. The van der Waals surface area contributed by atoms with E-state index in [9.17, 15) is 0 Å². The van der Waals surface area contributed by atoms with E-state index in [1.54, 1.807) is 0 Å². The third kappa shape index (κ3) is 2.79. The zero-order valence-corrected chi connectivity index (χ0v) is 12.1. The Morgan fingerprint density at radius 1 is 1.42 bits per heavy atom. The Morgan fingerprint density at radius 3 is 3.05 bits per heavy atom. The van der Waals surface area contributed by atoms with Gasteiger partial charge in [-0.1, -0.05) is 37.5 Å². The van der Waals surface area contributed by atoms with E-state index in [4.69, 9.17) is 10.5 Å². The van der Waals surface area contributed by atoms with Crippen LogP contribution in [-0.4, -0.2) is 11.6 Å². The van der Waals surface area contributed by atoms with Crippen molar-refractivity contribution in [3.05, 3.63) is 29.3 Å². The van der Waals surface area contributed by atoms with E-state index < -0.39 is 0 Å². The fourth-order valence-corrected chi connectivity index (χ4v) is 3.90. The molecule has 1 saturated carbocycles.